The van der Waals surface area contributed by atoms with Gasteiger partial charge in [-0.15, -0.1) is 0 Å². The van der Waals surface area contributed by atoms with E-state index in [2.05, 4.69) is 15.6 Å². The lowest BCUT2D eigenvalue weighted by atomic mass is 10.1. The van der Waals surface area contributed by atoms with E-state index in [0.29, 0.717) is 6.42 Å². The van der Waals surface area contributed by atoms with Crippen LogP contribution in [0.2, 0.25) is 0 Å². The molecule has 1 aromatic heterocycles. The van der Waals surface area contributed by atoms with Gasteiger partial charge in [0.25, 0.3) is 5.91 Å². The van der Waals surface area contributed by atoms with E-state index in [1.165, 1.54) is 5.56 Å². The predicted molar refractivity (Wildman–Crippen MR) is 98.0 cm³/mol. The zero-order chi connectivity index (χ0) is 18.0. The Hall–Kier alpha value is -2.41. The number of aryl methyl sites for hydroxylation is 1. The predicted octanol–water partition coefficient (Wildman–Crippen LogP) is 2.36. The lowest BCUT2D eigenvalue weighted by Crippen LogP contribution is -2.36. The average Bonchev–Trinajstić information content (AvgIpc) is 2.91. The molecule has 1 atom stereocenters. The van der Waals surface area contributed by atoms with Gasteiger partial charge in [0.1, 0.15) is 5.69 Å². The summed E-state index contributed by atoms with van der Waals surface area (Å²) in [5.41, 5.74) is 4.31. The number of anilines is 2. The molecule has 132 valence electrons. The Labute approximate surface area is 147 Å². The molecule has 1 aromatic carbocycles. The van der Waals surface area contributed by atoms with Crippen LogP contribution in [0.4, 0.5) is 11.4 Å². The molecule has 1 fully saturated rings. The van der Waals surface area contributed by atoms with E-state index >= 15 is 0 Å². The second-order valence-electron chi connectivity index (χ2n) is 6.38. The number of hydrogen-bond acceptors (Lipinski definition) is 5. The van der Waals surface area contributed by atoms with Crippen LogP contribution in [0.1, 0.15) is 28.0 Å². The van der Waals surface area contributed by atoms with Crippen LogP contribution in [-0.4, -0.2) is 36.9 Å². The van der Waals surface area contributed by atoms with Gasteiger partial charge in [-0.1, -0.05) is 12.1 Å². The van der Waals surface area contributed by atoms with Gasteiger partial charge in [-0.2, -0.15) is 0 Å². The van der Waals surface area contributed by atoms with Gasteiger partial charge in [0.05, 0.1) is 11.5 Å². The van der Waals surface area contributed by atoms with Crippen LogP contribution in [0.15, 0.2) is 36.5 Å². The van der Waals surface area contributed by atoms with E-state index in [4.69, 9.17) is 0 Å². The summed E-state index contributed by atoms with van der Waals surface area (Å²) in [4.78, 5) is 16.4. The first-order valence-corrected chi connectivity index (χ1v) is 9.97. The molecule has 2 heterocycles. The van der Waals surface area contributed by atoms with Crippen LogP contribution >= 0.6 is 0 Å². The molecule has 0 spiro atoms. The van der Waals surface area contributed by atoms with Crippen molar-refractivity contribution >= 4 is 27.1 Å². The Balaban J connectivity index is 1.73. The van der Waals surface area contributed by atoms with Gasteiger partial charge < -0.3 is 10.6 Å². The van der Waals surface area contributed by atoms with Crippen LogP contribution in [0.25, 0.3) is 0 Å². The van der Waals surface area contributed by atoms with E-state index in [9.17, 15) is 13.2 Å². The molecule has 1 unspecified atom stereocenters. The van der Waals surface area contributed by atoms with Crippen molar-refractivity contribution in [1.29, 1.82) is 0 Å². The molecule has 0 saturated carbocycles. The summed E-state index contributed by atoms with van der Waals surface area (Å²) in [6.45, 7) is 4.08. The fraction of sp³-hybridized carbons (Fsp3) is 0.333. The Morgan fingerprint density at radius 2 is 2.04 bits per heavy atom. The molecule has 1 saturated heterocycles. The second kappa shape index (κ2) is 6.84. The van der Waals surface area contributed by atoms with Crippen molar-refractivity contribution < 1.29 is 13.2 Å². The molecule has 1 aliphatic heterocycles. The number of sulfone groups is 1. The number of hydrogen-bond donors (Lipinski definition) is 2. The minimum atomic E-state index is -3.03. The normalized spacial score (nSPS) is 18.7. The summed E-state index contributed by atoms with van der Waals surface area (Å²) in [5.74, 6) is -0.231. The summed E-state index contributed by atoms with van der Waals surface area (Å²) in [6, 6.07) is 9.11. The Kier molecular flexibility index (Phi) is 4.76. The van der Waals surface area contributed by atoms with Crippen molar-refractivity contribution in [3.05, 3.63) is 53.3 Å². The van der Waals surface area contributed by atoms with Gasteiger partial charge in [0, 0.05) is 23.6 Å². The van der Waals surface area contributed by atoms with Gasteiger partial charge in [0.15, 0.2) is 9.84 Å². The lowest BCUT2D eigenvalue weighted by molar-refractivity contribution is 0.0936. The number of pyridine rings is 1. The van der Waals surface area contributed by atoms with Gasteiger partial charge in [-0.3, -0.25) is 9.78 Å². The van der Waals surface area contributed by atoms with Crippen LogP contribution in [0.3, 0.4) is 0 Å². The number of nitrogens with one attached hydrogen (secondary N) is 2. The molecular formula is C18H21N3O3S. The van der Waals surface area contributed by atoms with E-state index in [1.54, 1.807) is 18.3 Å². The number of aromatic nitrogens is 1. The fourth-order valence-corrected chi connectivity index (χ4v) is 4.52. The van der Waals surface area contributed by atoms with E-state index < -0.39 is 9.84 Å². The van der Waals surface area contributed by atoms with Gasteiger partial charge in [-0.25, -0.2) is 8.42 Å². The monoisotopic (exact) mass is 359 g/mol. The average molecular weight is 359 g/mol. The highest BCUT2D eigenvalue weighted by Gasteiger charge is 2.29. The lowest BCUT2D eigenvalue weighted by Gasteiger charge is -2.13. The minimum absolute atomic E-state index is 0.000826. The number of carbonyl (C=O) groups excluding carboxylic acids is 1. The molecule has 7 heteroatoms. The maximum atomic E-state index is 12.3. The topological polar surface area (TPSA) is 88.2 Å². The first kappa shape index (κ1) is 17.4. The van der Waals surface area contributed by atoms with Crippen molar-refractivity contribution in [2.45, 2.75) is 26.3 Å². The van der Waals surface area contributed by atoms with Crippen molar-refractivity contribution in [2.24, 2.45) is 0 Å². The third-order valence-corrected chi connectivity index (χ3v) is 6.21. The van der Waals surface area contributed by atoms with Gasteiger partial charge in [0.2, 0.25) is 0 Å². The zero-order valence-corrected chi connectivity index (χ0v) is 15.1. The smallest absolute Gasteiger partial charge is 0.270 e. The molecule has 2 N–H and O–H groups in total. The summed E-state index contributed by atoms with van der Waals surface area (Å²) < 4.78 is 23.0. The molecule has 2 aromatic rings. The summed E-state index contributed by atoms with van der Waals surface area (Å²) >= 11 is 0. The third kappa shape index (κ3) is 4.17. The minimum Gasteiger partial charge on any atom is -0.355 e. The molecule has 6 nitrogen and oxygen atoms in total. The van der Waals surface area contributed by atoms with Crippen LogP contribution in [0.5, 0.6) is 0 Å². The van der Waals surface area contributed by atoms with Gasteiger partial charge in [-0.05, 0) is 49.6 Å². The molecule has 0 bridgehead atoms. The quantitative estimate of drug-likeness (QED) is 0.875. The molecule has 1 aliphatic rings. The molecule has 25 heavy (non-hydrogen) atoms. The first-order valence-electron chi connectivity index (χ1n) is 8.15. The standard InChI is InChI=1S/C18H21N3O3S/c1-12-4-3-5-16(13(12)2)20-14-6-8-19-17(10-14)18(22)21-15-7-9-25(23,24)11-15/h3-6,8,10,15H,7,9,11H2,1-2H3,(H,19,20)(H,21,22). The second-order valence-corrected chi connectivity index (χ2v) is 8.60. The highest BCUT2D eigenvalue weighted by Crippen LogP contribution is 2.23. The summed E-state index contributed by atoms with van der Waals surface area (Å²) in [7, 11) is -3.03. The highest BCUT2D eigenvalue weighted by molar-refractivity contribution is 7.91. The van der Waals surface area contributed by atoms with Gasteiger partial charge >= 0.3 is 0 Å². The van der Waals surface area contributed by atoms with Crippen LogP contribution in [-0.2, 0) is 9.84 Å². The molecule has 3 rings (SSSR count). The maximum Gasteiger partial charge on any atom is 0.270 e. The van der Waals surface area contributed by atoms with Crippen molar-refractivity contribution in [3.8, 4) is 0 Å². The fourth-order valence-electron chi connectivity index (χ4n) is 2.84. The maximum absolute atomic E-state index is 12.3. The van der Waals surface area contributed by atoms with E-state index in [0.717, 1.165) is 16.9 Å². The number of carbonyl (C=O) groups is 1. The molecule has 0 radical (unpaired) electrons. The Bertz CT molecular complexity index is 910. The number of amides is 1. The van der Waals surface area contributed by atoms with E-state index in [1.807, 2.05) is 32.0 Å². The number of benzene rings is 1. The third-order valence-electron chi connectivity index (χ3n) is 4.44. The molecule has 1 amide bonds. The molecular weight excluding hydrogens is 338 g/mol. The van der Waals surface area contributed by atoms with E-state index in [-0.39, 0.29) is 29.1 Å². The van der Waals surface area contributed by atoms with Crippen molar-refractivity contribution in [1.82, 2.24) is 10.3 Å². The highest BCUT2D eigenvalue weighted by atomic mass is 32.2. The van der Waals surface area contributed by atoms with Crippen molar-refractivity contribution in [2.75, 3.05) is 16.8 Å². The van der Waals surface area contributed by atoms with Crippen LogP contribution < -0.4 is 10.6 Å². The van der Waals surface area contributed by atoms with Crippen molar-refractivity contribution in [3.63, 3.8) is 0 Å². The first-order chi connectivity index (χ1) is 11.8. The largest absolute Gasteiger partial charge is 0.355 e. The number of nitrogens with zero attached hydrogens (tertiary/aromatic N) is 1. The zero-order valence-electron chi connectivity index (χ0n) is 14.2. The molecule has 0 aliphatic carbocycles. The number of rotatable bonds is 4. The summed E-state index contributed by atoms with van der Waals surface area (Å²) in [6.07, 6.45) is 2.02. The SMILES string of the molecule is Cc1cccc(Nc2ccnc(C(=O)NC3CCS(=O)(=O)C3)c2)c1C. The Morgan fingerprint density at radius 3 is 2.76 bits per heavy atom. The summed E-state index contributed by atoms with van der Waals surface area (Å²) in [5, 5.41) is 6.05. The van der Waals surface area contributed by atoms with Crippen LogP contribution in [0, 0.1) is 13.8 Å². The Morgan fingerprint density at radius 1 is 1.24 bits per heavy atom.